The van der Waals surface area contributed by atoms with Crippen LogP contribution in [0.25, 0.3) is 0 Å². The van der Waals surface area contributed by atoms with Gasteiger partial charge in [-0.1, -0.05) is 18.2 Å². The van der Waals surface area contributed by atoms with Crippen molar-refractivity contribution in [2.45, 2.75) is 4.21 Å². The van der Waals surface area contributed by atoms with Gasteiger partial charge in [0.25, 0.3) is 15.9 Å². The quantitative estimate of drug-likeness (QED) is 0.608. The van der Waals surface area contributed by atoms with E-state index in [1.54, 1.807) is 53.9 Å². The number of carbonyl (C=O) groups is 1. The first-order valence-electron chi connectivity index (χ1n) is 8.13. The Bertz CT molecular complexity index is 1060. The van der Waals surface area contributed by atoms with E-state index in [9.17, 15) is 13.2 Å². The average Bonchev–Trinajstić information content (AvgIpc) is 3.24. The van der Waals surface area contributed by atoms with E-state index in [1.807, 2.05) is 0 Å². The molecule has 2 aromatic carbocycles. The van der Waals surface area contributed by atoms with Gasteiger partial charge in [0.1, 0.15) is 15.7 Å². The fourth-order valence-electron chi connectivity index (χ4n) is 2.43. The molecule has 0 spiro atoms. The van der Waals surface area contributed by atoms with Crippen LogP contribution in [0.4, 0.5) is 11.4 Å². The van der Waals surface area contributed by atoms with Gasteiger partial charge in [-0.2, -0.15) is 0 Å². The average molecular weight is 418 g/mol. The summed E-state index contributed by atoms with van der Waals surface area (Å²) in [6, 6.07) is 14.5. The Hall–Kier alpha value is -3.04. The molecule has 0 atom stereocenters. The molecule has 0 fully saturated rings. The van der Waals surface area contributed by atoms with Crippen LogP contribution in [0.2, 0.25) is 0 Å². The van der Waals surface area contributed by atoms with Crippen molar-refractivity contribution < 1.29 is 22.7 Å². The van der Waals surface area contributed by atoms with Gasteiger partial charge >= 0.3 is 0 Å². The number of ether oxygens (including phenoxy) is 2. The number of methoxy groups -OCH3 is 2. The summed E-state index contributed by atoms with van der Waals surface area (Å²) in [7, 11) is -0.755. The normalized spacial score (nSPS) is 10.9. The third-order valence-electron chi connectivity index (χ3n) is 3.79. The summed E-state index contributed by atoms with van der Waals surface area (Å²) in [5.74, 6) is 0.507. The van der Waals surface area contributed by atoms with E-state index in [1.165, 1.54) is 20.3 Å². The second-order valence-corrected chi connectivity index (χ2v) is 8.50. The van der Waals surface area contributed by atoms with E-state index in [-0.39, 0.29) is 9.90 Å². The topological polar surface area (TPSA) is 93.7 Å². The van der Waals surface area contributed by atoms with Crippen molar-refractivity contribution in [1.82, 2.24) is 0 Å². The number of sulfonamides is 1. The smallest absolute Gasteiger partial charge is 0.271 e. The molecule has 1 amide bonds. The Labute approximate surface area is 167 Å². The second kappa shape index (κ2) is 8.32. The van der Waals surface area contributed by atoms with Crippen molar-refractivity contribution in [2.24, 2.45) is 0 Å². The van der Waals surface area contributed by atoms with E-state index in [0.29, 0.717) is 22.7 Å². The van der Waals surface area contributed by atoms with E-state index < -0.39 is 15.9 Å². The van der Waals surface area contributed by atoms with Gasteiger partial charge in [0.2, 0.25) is 0 Å². The van der Waals surface area contributed by atoms with Crippen LogP contribution in [0, 0.1) is 0 Å². The monoisotopic (exact) mass is 418 g/mol. The summed E-state index contributed by atoms with van der Waals surface area (Å²) in [6.07, 6.45) is 0. The lowest BCUT2D eigenvalue weighted by molar-refractivity contribution is 0.102. The van der Waals surface area contributed by atoms with Crippen molar-refractivity contribution >= 4 is 38.6 Å². The lowest BCUT2D eigenvalue weighted by atomic mass is 10.1. The van der Waals surface area contributed by atoms with Gasteiger partial charge in [-0.05, 0) is 35.7 Å². The maximum absolute atomic E-state index is 12.7. The molecule has 0 aliphatic carbocycles. The highest BCUT2D eigenvalue weighted by Gasteiger charge is 2.18. The molecular formula is C19H18N2O5S2. The maximum Gasteiger partial charge on any atom is 0.271 e. The zero-order valence-corrected chi connectivity index (χ0v) is 16.8. The Kier molecular flexibility index (Phi) is 5.86. The first kappa shape index (κ1) is 19.7. The van der Waals surface area contributed by atoms with Gasteiger partial charge in [-0.15, -0.1) is 11.3 Å². The Morgan fingerprint density at radius 2 is 1.57 bits per heavy atom. The Morgan fingerprint density at radius 3 is 2.14 bits per heavy atom. The first-order valence-corrected chi connectivity index (χ1v) is 10.5. The summed E-state index contributed by atoms with van der Waals surface area (Å²) in [5.41, 5.74) is 0.903. The van der Waals surface area contributed by atoms with Crippen LogP contribution in [-0.4, -0.2) is 28.5 Å². The summed E-state index contributed by atoms with van der Waals surface area (Å²) >= 11 is 1.11. The van der Waals surface area contributed by atoms with Crippen molar-refractivity contribution in [3.05, 3.63) is 65.5 Å². The lowest BCUT2D eigenvalue weighted by Crippen LogP contribution is -2.16. The SMILES string of the molecule is COc1cc(OC)cc(C(=O)Nc2ccccc2NS(=O)(=O)c2cccs2)c1. The standard InChI is InChI=1S/C19H18N2O5S2/c1-25-14-10-13(11-15(12-14)26-2)19(22)20-16-6-3-4-7-17(16)21-28(23,24)18-8-5-9-27-18/h3-12,21H,1-2H3,(H,20,22). The minimum absolute atomic E-state index is 0.186. The molecule has 0 aliphatic heterocycles. The minimum Gasteiger partial charge on any atom is -0.497 e. The highest BCUT2D eigenvalue weighted by Crippen LogP contribution is 2.28. The molecular weight excluding hydrogens is 400 g/mol. The van der Waals surface area contributed by atoms with Gasteiger partial charge in [-0.25, -0.2) is 8.42 Å². The largest absolute Gasteiger partial charge is 0.497 e. The highest BCUT2D eigenvalue weighted by molar-refractivity contribution is 7.94. The molecule has 146 valence electrons. The zero-order valence-electron chi connectivity index (χ0n) is 15.1. The molecule has 3 rings (SSSR count). The molecule has 0 unspecified atom stereocenters. The van der Waals surface area contributed by atoms with Crippen LogP contribution in [0.15, 0.2) is 64.2 Å². The Balaban J connectivity index is 1.87. The fourth-order valence-corrected chi connectivity index (χ4v) is 4.50. The van der Waals surface area contributed by atoms with Gasteiger partial charge < -0.3 is 14.8 Å². The second-order valence-electron chi connectivity index (χ2n) is 5.64. The molecule has 0 bridgehead atoms. The van der Waals surface area contributed by atoms with Gasteiger partial charge in [0.05, 0.1) is 25.6 Å². The molecule has 1 aromatic heterocycles. The van der Waals surface area contributed by atoms with E-state index in [0.717, 1.165) is 11.3 Å². The number of amides is 1. The van der Waals surface area contributed by atoms with E-state index in [4.69, 9.17) is 9.47 Å². The van der Waals surface area contributed by atoms with Crippen LogP contribution in [0.5, 0.6) is 11.5 Å². The summed E-state index contributed by atoms with van der Waals surface area (Å²) < 4.78 is 38.0. The van der Waals surface area contributed by atoms with E-state index in [2.05, 4.69) is 10.0 Å². The molecule has 1 heterocycles. The third kappa shape index (κ3) is 4.44. The Morgan fingerprint density at radius 1 is 0.929 bits per heavy atom. The number of rotatable bonds is 7. The summed E-state index contributed by atoms with van der Waals surface area (Å²) in [5, 5.41) is 4.40. The third-order valence-corrected chi connectivity index (χ3v) is 6.56. The van der Waals surface area contributed by atoms with E-state index >= 15 is 0 Å². The summed E-state index contributed by atoms with van der Waals surface area (Å²) in [6.45, 7) is 0. The van der Waals surface area contributed by atoms with Crippen molar-refractivity contribution in [3.63, 3.8) is 0 Å². The van der Waals surface area contributed by atoms with Crippen molar-refractivity contribution in [3.8, 4) is 11.5 Å². The number of nitrogens with one attached hydrogen (secondary N) is 2. The molecule has 0 saturated carbocycles. The first-order chi connectivity index (χ1) is 13.4. The molecule has 0 saturated heterocycles. The van der Waals surface area contributed by atoms with Gasteiger partial charge in [0.15, 0.2) is 0 Å². The number of hydrogen-bond donors (Lipinski definition) is 2. The van der Waals surface area contributed by atoms with Crippen molar-refractivity contribution in [1.29, 1.82) is 0 Å². The zero-order chi connectivity index (χ0) is 20.1. The molecule has 0 aliphatic rings. The molecule has 28 heavy (non-hydrogen) atoms. The number of benzene rings is 2. The number of hydrogen-bond acceptors (Lipinski definition) is 6. The van der Waals surface area contributed by atoms with Crippen LogP contribution >= 0.6 is 11.3 Å². The lowest BCUT2D eigenvalue weighted by Gasteiger charge is -2.13. The molecule has 9 heteroatoms. The van der Waals surface area contributed by atoms with Gasteiger partial charge in [0, 0.05) is 11.6 Å². The van der Waals surface area contributed by atoms with Crippen LogP contribution in [0.3, 0.4) is 0 Å². The number of anilines is 2. The predicted octanol–water partition coefficient (Wildman–Crippen LogP) is 3.82. The van der Waals surface area contributed by atoms with Crippen LogP contribution in [0.1, 0.15) is 10.4 Å². The van der Waals surface area contributed by atoms with Gasteiger partial charge in [-0.3, -0.25) is 9.52 Å². The molecule has 3 aromatic rings. The number of para-hydroxylation sites is 2. The predicted molar refractivity (Wildman–Crippen MR) is 109 cm³/mol. The molecule has 2 N–H and O–H groups in total. The molecule has 7 nitrogen and oxygen atoms in total. The highest BCUT2D eigenvalue weighted by atomic mass is 32.2. The number of carbonyl (C=O) groups excluding carboxylic acids is 1. The van der Waals surface area contributed by atoms with Crippen LogP contribution in [-0.2, 0) is 10.0 Å². The van der Waals surface area contributed by atoms with Crippen LogP contribution < -0.4 is 19.5 Å². The number of thiophene rings is 1. The summed E-state index contributed by atoms with van der Waals surface area (Å²) in [4.78, 5) is 12.7. The molecule has 0 radical (unpaired) electrons. The fraction of sp³-hybridized carbons (Fsp3) is 0.105. The minimum atomic E-state index is -3.74. The maximum atomic E-state index is 12.7. The van der Waals surface area contributed by atoms with Crippen molar-refractivity contribution in [2.75, 3.05) is 24.3 Å².